The molecule has 36 heavy (non-hydrogen) atoms. The van der Waals surface area contributed by atoms with Crippen molar-refractivity contribution in [3.05, 3.63) is 83.3 Å². The number of hydrogen-bond acceptors (Lipinski definition) is 7. The highest BCUT2D eigenvalue weighted by Crippen LogP contribution is 2.37. The molecule has 3 N–H and O–H groups in total. The molecule has 0 aliphatic heterocycles. The predicted octanol–water partition coefficient (Wildman–Crippen LogP) is 5.82. The summed E-state index contributed by atoms with van der Waals surface area (Å²) in [4.78, 5) is 17.5. The minimum atomic E-state index is -0.464. The Kier molecular flexibility index (Phi) is 5.22. The van der Waals surface area contributed by atoms with Crippen molar-refractivity contribution in [2.24, 2.45) is 0 Å². The number of aryl methyl sites for hydroxylation is 2. The number of nitrogens with one attached hydrogen (secondary N) is 2. The Hall–Kier alpha value is -3.75. The number of aromatic nitrogens is 4. The van der Waals surface area contributed by atoms with E-state index in [1.54, 1.807) is 17.5 Å². The lowest BCUT2D eigenvalue weighted by molar-refractivity contribution is 0.166. The number of thiazole rings is 1. The van der Waals surface area contributed by atoms with Crippen LogP contribution in [0.1, 0.15) is 41.4 Å². The van der Waals surface area contributed by atoms with Gasteiger partial charge < -0.3 is 20.1 Å². The standard InChI is InChI=1S/C28H25N5O2S/c34-24-13-16-5-1-2-6-19(16)26(24)33-28-32-22-10-9-17(15-25(22)36-28)35-18-11-12-29-23(14-18)27-30-20-7-3-4-8-21(20)31-27/h1-2,5-6,9-12,14-15,24,26,34H,3-4,7-8,13H2,(H,30,31)(H,32,33)/t24-,26?/m0/s1. The first kappa shape index (κ1) is 21.5. The van der Waals surface area contributed by atoms with Gasteiger partial charge in [-0.15, -0.1) is 0 Å². The fourth-order valence-corrected chi connectivity index (χ4v) is 6.16. The van der Waals surface area contributed by atoms with Crippen LogP contribution in [0.25, 0.3) is 21.7 Å². The quantitative estimate of drug-likeness (QED) is 0.284. The van der Waals surface area contributed by atoms with Crippen LogP contribution in [0.2, 0.25) is 0 Å². The number of aliphatic hydroxyl groups is 1. The first-order chi connectivity index (χ1) is 17.7. The number of aliphatic hydroxyl groups excluding tert-OH is 1. The third-order valence-corrected chi connectivity index (χ3v) is 7.96. The number of H-pyrrole nitrogens is 1. The topological polar surface area (TPSA) is 95.9 Å². The first-order valence-corrected chi connectivity index (χ1v) is 13.2. The SMILES string of the molecule is O[C@H]1Cc2ccccc2C1Nc1nc2ccc(Oc3ccnc(-c4nc5c([nH]4)CCCC5)c3)cc2s1. The van der Waals surface area contributed by atoms with Crippen molar-refractivity contribution in [1.82, 2.24) is 19.9 Å². The second kappa shape index (κ2) is 8.72. The molecule has 2 aliphatic rings. The average molecular weight is 496 g/mol. The zero-order valence-electron chi connectivity index (χ0n) is 19.6. The monoisotopic (exact) mass is 495 g/mol. The highest BCUT2D eigenvalue weighted by atomic mass is 32.1. The van der Waals surface area contributed by atoms with E-state index >= 15 is 0 Å². The Bertz CT molecular complexity index is 1550. The third kappa shape index (κ3) is 3.92. The molecular weight excluding hydrogens is 470 g/mol. The molecule has 3 heterocycles. The number of fused-ring (bicyclic) bond motifs is 3. The van der Waals surface area contributed by atoms with E-state index in [0.717, 1.165) is 56.7 Å². The Balaban J connectivity index is 1.11. The first-order valence-electron chi connectivity index (χ1n) is 12.3. The second-order valence-corrected chi connectivity index (χ2v) is 10.5. The third-order valence-electron chi connectivity index (χ3n) is 7.01. The molecule has 3 aromatic heterocycles. The summed E-state index contributed by atoms with van der Waals surface area (Å²) < 4.78 is 7.21. The number of imidazole rings is 1. The van der Waals surface area contributed by atoms with Crippen molar-refractivity contribution in [2.45, 2.75) is 44.2 Å². The normalized spacial score (nSPS) is 18.7. The van der Waals surface area contributed by atoms with Gasteiger partial charge in [-0.05, 0) is 55.0 Å². The van der Waals surface area contributed by atoms with Gasteiger partial charge >= 0.3 is 0 Å². The lowest BCUT2D eigenvalue weighted by Crippen LogP contribution is -2.20. The van der Waals surface area contributed by atoms with Gasteiger partial charge in [0.25, 0.3) is 0 Å². The van der Waals surface area contributed by atoms with E-state index in [4.69, 9.17) is 14.7 Å². The molecule has 0 saturated carbocycles. The molecule has 2 aliphatic carbocycles. The van der Waals surface area contributed by atoms with E-state index in [1.165, 1.54) is 24.1 Å². The van der Waals surface area contributed by atoms with E-state index in [9.17, 15) is 5.11 Å². The summed E-state index contributed by atoms with van der Waals surface area (Å²) in [7, 11) is 0. The van der Waals surface area contributed by atoms with Crippen molar-refractivity contribution in [3.63, 3.8) is 0 Å². The van der Waals surface area contributed by atoms with Crippen molar-refractivity contribution >= 4 is 26.7 Å². The van der Waals surface area contributed by atoms with Crippen LogP contribution in [-0.4, -0.2) is 31.1 Å². The van der Waals surface area contributed by atoms with Crippen LogP contribution < -0.4 is 10.1 Å². The van der Waals surface area contributed by atoms with Gasteiger partial charge in [0.05, 0.1) is 28.1 Å². The van der Waals surface area contributed by atoms with Gasteiger partial charge in [0.1, 0.15) is 17.2 Å². The Morgan fingerprint density at radius 1 is 1.00 bits per heavy atom. The number of anilines is 1. The maximum absolute atomic E-state index is 10.6. The summed E-state index contributed by atoms with van der Waals surface area (Å²) >= 11 is 1.56. The van der Waals surface area contributed by atoms with E-state index in [-0.39, 0.29) is 6.04 Å². The van der Waals surface area contributed by atoms with Crippen LogP contribution in [0.5, 0.6) is 11.5 Å². The van der Waals surface area contributed by atoms with Crippen LogP contribution >= 0.6 is 11.3 Å². The fraction of sp³-hybridized carbons (Fsp3) is 0.250. The van der Waals surface area contributed by atoms with Crippen molar-refractivity contribution < 1.29 is 9.84 Å². The van der Waals surface area contributed by atoms with Crippen LogP contribution in [-0.2, 0) is 19.3 Å². The molecule has 0 radical (unpaired) electrons. The molecule has 0 spiro atoms. The Labute approximate surface area is 212 Å². The summed E-state index contributed by atoms with van der Waals surface area (Å²) in [6.45, 7) is 0. The van der Waals surface area contributed by atoms with Gasteiger partial charge in [-0.2, -0.15) is 0 Å². The molecular formula is C28H25N5O2S. The summed E-state index contributed by atoms with van der Waals surface area (Å²) in [5.41, 5.74) is 6.40. The molecule has 0 saturated heterocycles. The minimum absolute atomic E-state index is 0.153. The van der Waals surface area contributed by atoms with Crippen LogP contribution in [0, 0.1) is 0 Å². The molecule has 5 aromatic rings. The average Bonchev–Trinajstić information content (AvgIpc) is 3.59. The Morgan fingerprint density at radius 3 is 2.83 bits per heavy atom. The maximum Gasteiger partial charge on any atom is 0.184 e. The van der Waals surface area contributed by atoms with E-state index < -0.39 is 6.10 Å². The van der Waals surface area contributed by atoms with Gasteiger partial charge in [0.2, 0.25) is 0 Å². The van der Waals surface area contributed by atoms with Gasteiger partial charge in [0, 0.05) is 30.4 Å². The number of aromatic amines is 1. The molecule has 180 valence electrons. The summed E-state index contributed by atoms with van der Waals surface area (Å²) in [6.07, 6.45) is 6.43. The second-order valence-electron chi connectivity index (χ2n) is 9.44. The molecule has 8 heteroatoms. The minimum Gasteiger partial charge on any atom is -0.457 e. The van der Waals surface area contributed by atoms with Crippen molar-refractivity contribution in [1.29, 1.82) is 0 Å². The summed E-state index contributed by atoms with van der Waals surface area (Å²) in [6, 6.07) is 17.7. The maximum atomic E-state index is 10.6. The van der Waals surface area contributed by atoms with Crippen LogP contribution in [0.3, 0.4) is 0 Å². The molecule has 1 unspecified atom stereocenters. The number of rotatable bonds is 5. The fourth-order valence-electron chi connectivity index (χ4n) is 5.23. The number of benzene rings is 2. The van der Waals surface area contributed by atoms with Crippen molar-refractivity contribution in [2.75, 3.05) is 5.32 Å². The van der Waals surface area contributed by atoms with Crippen LogP contribution in [0.4, 0.5) is 5.13 Å². The lowest BCUT2D eigenvalue weighted by Gasteiger charge is -2.16. The predicted molar refractivity (Wildman–Crippen MR) is 141 cm³/mol. The summed E-state index contributed by atoms with van der Waals surface area (Å²) in [5.74, 6) is 2.25. The van der Waals surface area contributed by atoms with Gasteiger partial charge in [-0.3, -0.25) is 4.98 Å². The molecule has 0 bridgehead atoms. The largest absolute Gasteiger partial charge is 0.457 e. The zero-order chi connectivity index (χ0) is 24.1. The number of ether oxygens (including phenoxy) is 1. The molecule has 0 fully saturated rings. The van der Waals surface area contributed by atoms with E-state index in [2.05, 4.69) is 27.4 Å². The number of hydrogen-bond donors (Lipinski definition) is 3. The van der Waals surface area contributed by atoms with Crippen molar-refractivity contribution in [3.8, 4) is 23.0 Å². The van der Waals surface area contributed by atoms with Crippen LogP contribution in [0.15, 0.2) is 60.8 Å². The molecule has 0 amide bonds. The van der Waals surface area contributed by atoms with Gasteiger partial charge in [0.15, 0.2) is 11.0 Å². The molecule has 7 rings (SSSR count). The zero-order valence-corrected chi connectivity index (χ0v) is 20.4. The van der Waals surface area contributed by atoms with E-state index in [0.29, 0.717) is 12.2 Å². The Morgan fingerprint density at radius 2 is 1.89 bits per heavy atom. The smallest absolute Gasteiger partial charge is 0.184 e. The lowest BCUT2D eigenvalue weighted by atomic mass is 10.0. The highest BCUT2D eigenvalue weighted by molar-refractivity contribution is 7.22. The van der Waals surface area contributed by atoms with E-state index in [1.807, 2.05) is 42.5 Å². The van der Waals surface area contributed by atoms with Gasteiger partial charge in [-0.25, -0.2) is 9.97 Å². The molecule has 2 aromatic carbocycles. The highest BCUT2D eigenvalue weighted by Gasteiger charge is 2.31. The summed E-state index contributed by atoms with van der Waals surface area (Å²) in [5, 5.41) is 14.8. The molecule has 2 atom stereocenters. The number of pyridine rings is 1. The van der Waals surface area contributed by atoms with Gasteiger partial charge in [-0.1, -0.05) is 35.6 Å². The molecule has 7 nitrogen and oxygen atoms in total. The number of nitrogens with zero attached hydrogens (tertiary/aromatic N) is 3.